The van der Waals surface area contributed by atoms with Gasteiger partial charge in [-0.05, 0) is 42.7 Å². The van der Waals surface area contributed by atoms with Crippen LogP contribution in [0.4, 0.5) is 4.39 Å². The summed E-state index contributed by atoms with van der Waals surface area (Å²) in [7, 11) is 1.42. The zero-order chi connectivity index (χ0) is 17.8. The van der Waals surface area contributed by atoms with Gasteiger partial charge in [-0.2, -0.15) is 0 Å². The number of thioether (sulfide) groups is 1. The van der Waals surface area contributed by atoms with Crippen molar-refractivity contribution in [3.05, 3.63) is 59.0 Å². The van der Waals surface area contributed by atoms with E-state index in [4.69, 9.17) is 21.1 Å². The van der Waals surface area contributed by atoms with E-state index in [1.807, 2.05) is 30.5 Å². The second kappa shape index (κ2) is 7.93. The number of nitrogens with zero attached hydrogens (tertiary/aromatic N) is 1. The van der Waals surface area contributed by atoms with Crippen LogP contribution in [0.1, 0.15) is 5.69 Å². The van der Waals surface area contributed by atoms with Crippen molar-refractivity contribution in [1.29, 1.82) is 0 Å². The maximum absolute atomic E-state index is 13.8. The van der Waals surface area contributed by atoms with Crippen molar-refractivity contribution >= 4 is 34.3 Å². The molecule has 3 nitrogen and oxygen atoms in total. The number of benzene rings is 2. The average molecular weight is 378 g/mol. The van der Waals surface area contributed by atoms with Crippen LogP contribution in [0.25, 0.3) is 10.9 Å². The van der Waals surface area contributed by atoms with Crippen LogP contribution in [-0.4, -0.2) is 25.0 Å². The Balaban J connectivity index is 1.73. The number of rotatable bonds is 6. The Bertz CT molecular complexity index is 887. The van der Waals surface area contributed by atoms with Gasteiger partial charge in [-0.3, -0.25) is 4.98 Å². The maximum atomic E-state index is 13.8. The molecule has 25 heavy (non-hydrogen) atoms. The molecule has 0 radical (unpaired) electrons. The summed E-state index contributed by atoms with van der Waals surface area (Å²) < 4.78 is 24.6. The molecule has 0 unspecified atom stereocenters. The normalized spacial score (nSPS) is 10.9. The molecule has 0 aliphatic rings. The number of aromatic nitrogens is 1. The van der Waals surface area contributed by atoms with Crippen LogP contribution in [0.15, 0.2) is 47.4 Å². The van der Waals surface area contributed by atoms with Crippen LogP contribution >= 0.6 is 23.4 Å². The van der Waals surface area contributed by atoms with E-state index in [1.54, 1.807) is 23.9 Å². The number of ether oxygens (including phenoxy) is 2. The Morgan fingerprint density at radius 1 is 1.16 bits per heavy atom. The van der Waals surface area contributed by atoms with Crippen LogP contribution < -0.4 is 9.47 Å². The molecular weight excluding hydrogens is 361 g/mol. The molecule has 0 aliphatic carbocycles. The maximum Gasteiger partial charge on any atom is 0.165 e. The third-order valence-corrected chi connectivity index (χ3v) is 4.83. The summed E-state index contributed by atoms with van der Waals surface area (Å²) in [5, 5.41) is 1.03. The predicted molar refractivity (Wildman–Crippen MR) is 101 cm³/mol. The van der Waals surface area contributed by atoms with Gasteiger partial charge in [0.25, 0.3) is 0 Å². The summed E-state index contributed by atoms with van der Waals surface area (Å²) in [5.74, 6) is 0.509. The van der Waals surface area contributed by atoms with Gasteiger partial charge in [-0.15, -0.1) is 11.8 Å². The van der Waals surface area contributed by atoms with E-state index in [9.17, 15) is 4.39 Å². The highest BCUT2D eigenvalue weighted by Crippen LogP contribution is 2.29. The van der Waals surface area contributed by atoms with E-state index in [0.29, 0.717) is 29.0 Å². The van der Waals surface area contributed by atoms with Gasteiger partial charge in [0.2, 0.25) is 0 Å². The first kappa shape index (κ1) is 17.8. The molecule has 1 heterocycles. The lowest BCUT2D eigenvalue weighted by Gasteiger charge is -2.09. The Kier molecular flexibility index (Phi) is 5.66. The van der Waals surface area contributed by atoms with Crippen LogP contribution in [0, 0.1) is 5.82 Å². The highest BCUT2D eigenvalue weighted by Gasteiger charge is 2.10. The zero-order valence-electron chi connectivity index (χ0n) is 13.9. The van der Waals surface area contributed by atoms with Crippen molar-refractivity contribution in [1.82, 2.24) is 4.98 Å². The molecule has 2 aromatic carbocycles. The molecule has 0 fully saturated rings. The van der Waals surface area contributed by atoms with Gasteiger partial charge in [0, 0.05) is 28.5 Å². The minimum absolute atomic E-state index is 0.151. The van der Waals surface area contributed by atoms with E-state index in [0.717, 1.165) is 11.4 Å². The monoisotopic (exact) mass is 377 g/mol. The van der Waals surface area contributed by atoms with E-state index in [1.165, 1.54) is 18.1 Å². The molecule has 0 atom stereocenters. The summed E-state index contributed by atoms with van der Waals surface area (Å²) in [5.41, 5.74) is 1.39. The molecule has 0 aliphatic heterocycles. The highest BCUT2D eigenvalue weighted by atomic mass is 35.5. The lowest BCUT2D eigenvalue weighted by atomic mass is 10.1. The van der Waals surface area contributed by atoms with Gasteiger partial charge in [0.15, 0.2) is 11.6 Å². The quantitative estimate of drug-likeness (QED) is 0.540. The Labute approximate surface area is 155 Å². The SMILES string of the molecule is COc1cc2nc(CCOc3ccc(SC)cc3)cc(Cl)c2cc1F. The van der Waals surface area contributed by atoms with E-state index in [2.05, 4.69) is 4.98 Å². The van der Waals surface area contributed by atoms with Crippen molar-refractivity contribution in [3.8, 4) is 11.5 Å². The topological polar surface area (TPSA) is 31.4 Å². The smallest absolute Gasteiger partial charge is 0.165 e. The average Bonchev–Trinajstić information content (AvgIpc) is 2.62. The minimum Gasteiger partial charge on any atom is -0.494 e. The van der Waals surface area contributed by atoms with Crippen LogP contribution in [0.3, 0.4) is 0 Å². The third kappa shape index (κ3) is 4.17. The van der Waals surface area contributed by atoms with E-state index >= 15 is 0 Å². The fourth-order valence-electron chi connectivity index (χ4n) is 2.47. The molecule has 0 saturated heterocycles. The molecule has 6 heteroatoms. The number of pyridine rings is 1. The molecule has 0 saturated carbocycles. The van der Waals surface area contributed by atoms with E-state index < -0.39 is 5.82 Å². The number of fused-ring (bicyclic) bond motifs is 1. The molecule has 1 aromatic heterocycles. The van der Waals surface area contributed by atoms with E-state index in [-0.39, 0.29) is 5.75 Å². The first-order chi connectivity index (χ1) is 12.1. The fourth-order valence-corrected chi connectivity index (χ4v) is 3.15. The number of halogens is 2. The molecule has 3 aromatic rings. The van der Waals surface area contributed by atoms with Crippen LogP contribution in [-0.2, 0) is 6.42 Å². The molecular formula is C19H17ClFNO2S. The van der Waals surface area contributed by atoms with Gasteiger partial charge in [0.1, 0.15) is 5.75 Å². The number of hydrogen-bond donors (Lipinski definition) is 0. The Morgan fingerprint density at radius 2 is 1.92 bits per heavy atom. The Morgan fingerprint density at radius 3 is 2.60 bits per heavy atom. The second-order valence-corrected chi connectivity index (χ2v) is 6.66. The minimum atomic E-state index is -0.455. The highest BCUT2D eigenvalue weighted by molar-refractivity contribution is 7.98. The molecule has 3 rings (SSSR count). The molecule has 0 amide bonds. The largest absolute Gasteiger partial charge is 0.494 e. The van der Waals surface area contributed by atoms with Crippen LogP contribution in [0.2, 0.25) is 5.02 Å². The van der Waals surface area contributed by atoms with Gasteiger partial charge in [-0.25, -0.2) is 4.39 Å². The summed E-state index contributed by atoms with van der Waals surface area (Å²) in [6.07, 6.45) is 2.63. The van der Waals surface area contributed by atoms with Crippen molar-refractivity contribution in [2.24, 2.45) is 0 Å². The number of hydrogen-bond acceptors (Lipinski definition) is 4. The Hall–Kier alpha value is -1.98. The fraction of sp³-hybridized carbons (Fsp3) is 0.211. The standard InChI is InChI=1S/C19H17ClFNO2S/c1-23-19-11-18-15(10-17(19)21)16(20)9-12(22-18)7-8-24-13-3-5-14(25-2)6-4-13/h3-6,9-11H,7-8H2,1-2H3. The number of methoxy groups -OCH3 is 1. The van der Waals surface area contributed by atoms with Crippen molar-refractivity contribution in [3.63, 3.8) is 0 Å². The van der Waals surface area contributed by atoms with Crippen LogP contribution in [0.5, 0.6) is 11.5 Å². The van der Waals surface area contributed by atoms with Crippen molar-refractivity contribution in [2.45, 2.75) is 11.3 Å². The summed E-state index contributed by atoms with van der Waals surface area (Å²) >= 11 is 7.96. The van der Waals surface area contributed by atoms with Gasteiger partial charge < -0.3 is 9.47 Å². The molecule has 0 N–H and O–H groups in total. The lowest BCUT2D eigenvalue weighted by molar-refractivity contribution is 0.320. The van der Waals surface area contributed by atoms with Crippen molar-refractivity contribution in [2.75, 3.05) is 20.0 Å². The van der Waals surface area contributed by atoms with Gasteiger partial charge in [-0.1, -0.05) is 11.6 Å². The summed E-state index contributed by atoms with van der Waals surface area (Å²) in [4.78, 5) is 5.72. The summed E-state index contributed by atoms with van der Waals surface area (Å²) in [6.45, 7) is 0.478. The van der Waals surface area contributed by atoms with Gasteiger partial charge in [0.05, 0.1) is 24.3 Å². The van der Waals surface area contributed by atoms with Gasteiger partial charge >= 0.3 is 0 Å². The molecule has 0 spiro atoms. The second-order valence-electron chi connectivity index (χ2n) is 5.37. The third-order valence-electron chi connectivity index (χ3n) is 3.77. The first-order valence-corrected chi connectivity index (χ1v) is 9.30. The zero-order valence-corrected chi connectivity index (χ0v) is 15.5. The predicted octanol–water partition coefficient (Wildman–Crippen LogP) is 5.38. The molecule has 130 valence electrons. The lowest BCUT2D eigenvalue weighted by Crippen LogP contribution is -2.03. The summed E-state index contributed by atoms with van der Waals surface area (Å²) in [6, 6.07) is 12.6. The first-order valence-electron chi connectivity index (χ1n) is 7.70. The van der Waals surface area contributed by atoms with Crippen molar-refractivity contribution < 1.29 is 13.9 Å². The molecule has 0 bridgehead atoms.